The summed E-state index contributed by atoms with van der Waals surface area (Å²) in [7, 11) is 1.48. The summed E-state index contributed by atoms with van der Waals surface area (Å²) in [6, 6.07) is 11.1. The third-order valence-electron chi connectivity index (χ3n) is 4.31. The number of benzene rings is 1. The fourth-order valence-corrected chi connectivity index (χ4v) is 3.03. The number of rotatable bonds is 5. The molecule has 3 rings (SSSR count). The molecule has 0 fully saturated rings. The predicted molar refractivity (Wildman–Crippen MR) is 99.7 cm³/mol. The fraction of sp³-hybridized carbons (Fsp3) is 0.200. The Balaban J connectivity index is 1.86. The summed E-state index contributed by atoms with van der Waals surface area (Å²) in [5.41, 5.74) is 3.58. The summed E-state index contributed by atoms with van der Waals surface area (Å²) in [4.78, 5) is 29.7. The predicted octanol–water partition coefficient (Wildman–Crippen LogP) is 2.78. The summed E-state index contributed by atoms with van der Waals surface area (Å²) in [5, 5.41) is 14.0. The Morgan fingerprint density at radius 1 is 1.15 bits per heavy atom. The first kappa shape index (κ1) is 18.3. The van der Waals surface area contributed by atoms with Crippen molar-refractivity contribution in [2.45, 2.75) is 19.9 Å². The van der Waals surface area contributed by atoms with Crippen LogP contribution in [0.15, 0.2) is 54.9 Å². The van der Waals surface area contributed by atoms with Crippen LogP contribution in [0.3, 0.4) is 0 Å². The van der Waals surface area contributed by atoms with Gasteiger partial charge in [-0.05, 0) is 50.2 Å². The lowest BCUT2D eigenvalue weighted by Gasteiger charge is -2.25. The number of hydrogen-bond donors (Lipinski definition) is 1. The van der Waals surface area contributed by atoms with E-state index in [1.54, 1.807) is 47.3 Å². The van der Waals surface area contributed by atoms with Crippen LogP contribution in [0.25, 0.3) is 5.69 Å². The highest BCUT2D eigenvalue weighted by molar-refractivity contribution is 5.96. The highest BCUT2D eigenvalue weighted by Gasteiger charge is 2.29. The van der Waals surface area contributed by atoms with Crippen LogP contribution in [0.1, 0.15) is 33.4 Å². The minimum atomic E-state index is -1.11. The minimum absolute atomic E-state index is 0.383. The molecule has 0 unspecified atom stereocenters. The first-order valence-electron chi connectivity index (χ1n) is 8.42. The number of aromatic nitrogens is 3. The number of carbonyl (C=O) groups is 2. The molecule has 0 aliphatic heterocycles. The summed E-state index contributed by atoms with van der Waals surface area (Å²) in [6.45, 7) is 3.87. The van der Waals surface area contributed by atoms with Crippen LogP contribution in [0, 0.1) is 13.8 Å². The van der Waals surface area contributed by atoms with Crippen molar-refractivity contribution in [2.75, 3.05) is 7.05 Å². The van der Waals surface area contributed by atoms with Gasteiger partial charge >= 0.3 is 5.97 Å². The average molecular weight is 364 g/mol. The van der Waals surface area contributed by atoms with E-state index in [9.17, 15) is 14.7 Å². The van der Waals surface area contributed by atoms with E-state index >= 15 is 0 Å². The van der Waals surface area contributed by atoms with Gasteiger partial charge in [0, 0.05) is 36.3 Å². The molecule has 0 saturated carbocycles. The van der Waals surface area contributed by atoms with Crippen molar-refractivity contribution in [2.24, 2.45) is 0 Å². The topological polar surface area (TPSA) is 88.3 Å². The lowest BCUT2D eigenvalue weighted by molar-refractivity contribution is -0.142. The molecule has 0 aliphatic rings. The van der Waals surface area contributed by atoms with Crippen molar-refractivity contribution in [3.8, 4) is 5.69 Å². The van der Waals surface area contributed by atoms with Crippen LogP contribution in [-0.2, 0) is 4.79 Å². The molecule has 0 radical (unpaired) electrons. The first-order valence-corrected chi connectivity index (χ1v) is 8.42. The Kier molecular flexibility index (Phi) is 5.03. The Morgan fingerprint density at radius 3 is 2.37 bits per heavy atom. The number of aryl methyl sites for hydroxylation is 2. The smallest absolute Gasteiger partial charge is 0.331 e. The highest BCUT2D eigenvalue weighted by atomic mass is 16.4. The molecule has 0 spiro atoms. The molecule has 0 saturated heterocycles. The van der Waals surface area contributed by atoms with E-state index in [1.165, 1.54) is 18.1 Å². The molecular weight excluding hydrogens is 344 g/mol. The van der Waals surface area contributed by atoms with Gasteiger partial charge < -0.3 is 10.0 Å². The van der Waals surface area contributed by atoms with Gasteiger partial charge in [-0.3, -0.25) is 9.78 Å². The number of carboxylic acid groups (broad SMARTS) is 1. The van der Waals surface area contributed by atoms with Gasteiger partial charge in [-0.2, -0.15) is 5.10 Å². The zero-order valence-corrected chi connectivity index (χ0v) is 15.3. The molecule has 27 heavy (non-hydrogen) atoms. The van der Waals surface area contributed by atoms with E-state index in [2.05, 4.69) is 10.1 Å². The molecule has 0 aliphatic carbocycles. The number of carbonyl (C=O) groups excluding carboxylic acids is 1. The maximum absolute atomic E-state index is 12.8. The average Bonchev–Trinajstić information content (AvgIpc) is 3.00. The molecule has 1 N–H and O–H groups in total. The summed E-state index contributed by atoms with van der Waals surface area (Å²) in [5.74, 6) is -1.50. The van der Waals surface area contributed by atoms with Gasteiger partial charge in [0.1, 0.15) is 0 Å². The van der Waals surface area contributed by atoms with Crippen molar-refractivity contribution in [3.63, 3.8) is 0 Å². The van der Waals surface area contributed by atoms with Crippen molar-refractivity contribution in [3.05, 3.63) is 77.4 Å². The third kappa shape index (κ3) is 3.72. The maximum atomic E-state index is 12.8. The standard InChI is InChI=1S/C20H20N4O3/c1-13-11-14(2)24(22-13)17-8-6-15(7-9-17)19(25)23(3)18(20(26)27)16-5-4-10-21-12-16/h4-12,18H,1-3H3,(H,26,27)/t18-/m0/s1. The van der Waals surface area contributed by atoms with E-state index < -0.39 is 12.0 Å². The number of nitrogens with zero attached hydrogens (tertiary/aromatic N) is 4. The number of hydrogen-bond acceptors (Lipinski definition) is 4. The lowest BCUT2D eigenvalue weighted by Crippen LogP contribution is -2.36. The molecule has 2 heterocycles. The van der Waals surface area contributed by atoms with Crippen LogP contribution in [0.2, 0.25) is 0 Å². The monoisotopic (exact) mass is 364 g/mol. The summed E-state index contributed by atoms with van der Waals surface area (Å²) >= 11 is 0. The van der Waals surface area contributed by atoms with Crippen molar-refractivity contribution in [1.82, 2.24) is 19.7 Å². The Bertz CT molecular complexity index is 965. The molecular formula is C20H20N4O3. The molecule has 1 atom stereocenters. The number of aliphatic carboxylic acids is 1. The van der Waals surface area contributed by atoms with E-state index in [-0.39, 0.29) is 5.91 Å². The second-order valence-electron chi connectivity index (χ2n) is 6.33. The van der Waals surface area contributed by atoms with Crippen molar-refractivity contribution >= 4 is 11.9 Å². The van der Waals surface area contributed by atoms with Crippen LogP contribution in [0.4, 0.5) is 0 Å². The SMILES string of the molecule is Cc1cc(C)n(-c2ccc(C(=O)N(C)[C@H](C(=O)O)c3cccnc3)cc2)n1. The minimum Gasteiger partial charge on any atom is -0.479 e. The van der Waals surface area contributed by atoms with E-state index in [0.29, 0.717) is 11.1 Å². The molecule has 1 amide bonds. The summed E-state index contributed by atoms with van der Waals surface area (Å²) < 4.78 is 1.79. The molecule has 0 bridgehead atoms. The summed E-state index contributed by atoms with van der Waals surface area (Å²) in [6.07, 6.45) is 3.01. The number of pyridine rings is 1. The third-order valence-corrected chi connectivity index (χ3v) is 4.31. The molecule has 1 aromatic carbocycles. The fourth-order valence-electron chi connectivity index (χ4n) is 3.03. The van der Waals surface area contributed by atoms with Crippen molar-refractivity contribution in [1.29, 1.82) is 0 Å². The zero-order chi connectivity index (χ0) is 19.6. The van der Waals surface area contributed by atoms with Gasteiger partial charge in [-0.15, -0.1) is 0 Å². The van der Waals surface area contributed by atoms with Gasteiger partial charge in [-0.25, -0.2) is 9.48 Å². The number of amides is 1. The Labute approximate surface area is 156 Å². The van der Waals surface area contributed by atoms with E-state index in [0.717, 1.165) is 17.1 Å². The second kappa shape index (κ2) is 7.41. The van der Waals surface area contributed by atoms with Gasteiger partial charge in [0.2, 0.25) is 0 Å². The molecule has 138 valence electrons. The van der Waals surface area contributed by atoms with Crippen LogP contribution in [0.5, 0.6) is 0 Å². The van der Waals surface area contributed by atoms with Crippen LogP contribution < -0.4 is 0 Å². The highest BCUT2D eigenvalue weighted by Crippen LogP contribution is 2.22. The molecule has 7 nitrogen and oxygen atoms in total. The van der Waals surface area contributed by atoms with Gasteiger partial charge in [-0.1, -0.05) is 6.07 Å². The van der Waals surface area contributed by atoms with Gasteiger partial charge in [0.25, 0.3) is 5.91 Å². The Hall–Kier alpha value is -3.48. The van der Waals surface area contributed by atoms with E-state index in [4.69, 9.17) is 0 Å². The van der Waals surface area contributed by atoms with E-state index in [1.807, 2.05) is 19.9 Å². The largest absolute Gasteiger partial charge is 0.479 e. The van der Waals surface area contributed by atoms with Crippen LogP contribution >= 0.6 is 0 Å². The second-order valence-corrected chi connectivity index (χ2v) is 6.33. The maximum Gasteiger partial charge on any atom is 0.331 e. The number of carboxylic acids is 1. The Morgan fingerprint density at radius 2 is 1.85 bits per heavy atom. The number of likely N-dealkylation sites (N-methyl/N-ethyl adjacent to an activating group) is 1. The van der Waals surface area contributed by atoms with Crippen LogP contribution in [-0.4, -0.2) is 43.7 Å². The quantitative estimate of drug-likeness (QED) is 0.752. The molecule has 3 aromatic rings. The zero-order valence-electron chi connectivity index (χ0n) is 15.3. The first-order chi connectivity index (χ1) is 12.9. The molecule has 7 heteroatoms. The van der Waals surface area contributed by atoms with Gasteiger partial charge in [0.05, 0.1) is 11.4 Å². The lowest BCUT2D eigenvalue weighted by atomic mass is 10.1. The van der Waals surface area contributed by atoms with Crippen molar-refractivity contribution < 1.29 is 14.7 Å². The normalized spacial score (nSPS) is 11.8. The molecule has 2 aromatic heterocycles. The van der Waals surface area contributed by atoms with Gasteiger partial charge in [0.15, 0.2) is 6.04 Å².